The Bertz CT molecular complexity index is 1150. The number of ether oxygens (including phenoxy) is 1. The Labute approximate surface area is 200 Å². The molecule has 0 bridgehead atoms. The first kappa shape index (κ1) is 25.5. The van der Waals surface area contributed by atoms with E-state index in [0.29, 0.717) is 6.42 Å². The predicted octanol–water partition coefficient (Wildman–Crippen LogP) is 4.34. The number of sulfonamides is 1. The number of rotatable bonds is 10. The van der Waals surface area contributed by atoms with Crippen molar-refractivity contribution in [3.8, 4) is 5.75 Å². The third-order valence-electron chi connectivity index (χ3n) is 6.31. The van der Waals surface area contributed by atoms with E-state index in [0.717, 1.165) is 34.7 Å². The molecule has 1 heterocycles. The van der Waals surface area contributed by atoms with Crippen molar-refractivity contribution in [3.63, 3.8) is 0 Å². The van der Waals surface area contributed by atoms with Crippen molar-refractivity contribution in [1.82, 2.24) is 5.32 Å². The van der Waals surface area contributed by atoms with Crippen molar-refractivity contribution in [3.05, 3.63) is 64.2 Å². The molecule has 1 atom stereocenters. The highest BCUT2D eigenvalue weighted by atomic mass is 32.2. The monoisotopic (exact) mass is 489 g/mol. The van der Waals surface area contributed by atoms with E-state index in [-0.39, 0.29) is 48.3 Å². The van der Waals surface area contributed by atoms with Crippen LogP contribution < -0.4 is 14.4 Å². The van der Waals surface area contributed by atoms with Gasteiger partial charge in [0.2, 0.25) is 15.9 Å². The molecule has 3 rings (SSSR count). The number of fused-ring (bicyclic) bond motifs is 1. The molecule has 0 aliphatic carbocycles. The first-order valence-electron chi connectivity index (χ1n) is 11.4. The molecule has 34 heavy (non-hydrogen) atoms. The zero-order valence-electron chi connectivity index (χ0n) is 19.7. The smallest absolute Gasteiger partial charge is 0.271 e. The number of nitro benzene ring substituents is 1. The van der Waals surface area contributed by atoms with E-state index >= 15 is 0 Å². The maximum atomic E-state index is 12.8. The third kappa shape index (κ3) is 5.85. The maximum Gasteiger partial charge on any atom is 0.271 e. The molecule has 2 aromatic rings. The summed E-state index contributed by atoms with van der Waals surface area (Å²) in [5, 5.41) is 14.2. The van der Waals surface area contributed by atoms with Crippen LogP contribution in [0.3, 0.4) is 0 Å². The van der Waals surface area contributed by atoms with Crippen molar-refractivity contribution < 1.29 is 22.9 Å². The molecule has 10 heteroatoms. The number of amides is 1. The molecule has 1 amide bonds. The van der Waals surface area contributed by atoms with Crippen LogP contribution in [0.2, 0.25) is 0 Å². The lowest BCUT2D eigenvalue weighted by molar-refractivity contribution is -0.384. The van der Waals surface area contributed by atoms with E-state index in [4.69, 9.17) is 4.74 Å². The lowest BCUT2D eigenvalue weighted by Gasteiger charge is -2.41. The molecule has 0 saturated carbocycles. The van der Waals surface area contributed by atoms with Crippen LogP contribution in [0.5, 0.6) is 5.75 Å². The van der Waals surface area contributed by atoms with Crippen LogP contribution in [0.15, 0.2) is 48.5 Å². The molecule has 0 saturated heterocycles. The second-order valence-electron chi connectivity index (χ2n) is 8.57. The normalized spacial score (nSPS) is 16.7. The summed E-state index contributed by atoms with van der Waals surface area (Å²) in [6.07, 6.45) is 3.71. The molecular formula is C24H31N3O6S. The highest BCUT2D eigenvalue weighted by Crippen LogP contribution is 2.42. The Kier molecular flexibility index (Phi) is 7.81. The number of anilines is 1. The van der Waals surface area contributed by atoms with Crippen LogP contribution in [0, 0.1) is 10.1 Å². The van der Waals surface area contributed by atoms with Gasteiger partial charge >= 0.3 is 0 Å². The third-order valence-corrected chi connectivity index (χ3v) is 7.51. The molecule has 1 aliphatic heterocycles. The number of hydrogen-bond acceptors (Lipinski definition) is 6. The Morgan fingerprint density at radius 2 is 1.91 bits per heavy atom. The van der Waals surface area contributed by atoms with Gasteiger partial charge in [-0.2, -0.15) is 0 Å². The average Bonchev–Trinajstić information content (AvgIpc) is 2.81. The Hall–Kier alpha value is -3.14. The minimum atomic E-state index is -3.69. The van der Waals surface area contributed by atoms with Gasteiger partial charge < -0.3 is 10.1 Å². The fourth-order valence-electron chi connectivity index (χ4n) is 4.33. The minimum absolute atomic E-state index is 0.0334. The summed E-state index contributed by atoms with van der Waals surface area (Å²) < 4.78 is 32.0. The van der Waals surface area contributed by atoms with Gasteiger partial charge in [-0.05, 0) is 31.4 Å². The van der Waals surface area contributed by atoms with Crippen molar-refractivity contribution in [1.29, 1.82) is 0 Å². The summed E-state index contributed by atoms with van der Waals surface area (Å²) in [5.41, 5.74) is 0.591. The molecule has 0 radical (unpaired) electrons. The summed E-state index contributed by atoms with van der Waals surface area (Å²) in [7, 11) is -3.69. The Balaban J connectivity index is 1.68. The van der Waals surface area contributed by atoms with Crippen LogP contribution >= 0.6 is 0 Å². The molecule has 0 fully saturated rings. The second kappa shape index (κ2) is 10.4. The van der Waals surface area contributed by atoms with Gasteiger partial charge in [0.1, 0.15) is 11.4 Å². The van der Waals surface area contributed by atoms with E-state index in [2.05, 4.69) is 19.2 Å². The van der Waals surface area contributed by atoms with Crippen LogP contribution in [0.25, 0.3) is 0 Å². The average molecular weight is 490 g/mol. The maximum absolute atomic E-state index is 12.8. The first-order valence-corrected chi connectivity index (χ1v) is 13.2. The number of nitrogens with zero attached hydrogens (tertiary/aromatic N) is 2. The van der Waals surface area contributed by atoms with Crippen LogP contribution in [0.4, 0.5) is 11.4 Å². The largest absolute Gasteiger partial charge is 0.487 e. The number of hydrogen-bond donors (Lipinski definition) is 1. The van der Waals surface area contributed by atoms with Crippen molar-refractivity contribution >= 4 is 27.3 Å². The molecule has 1 N–H and O–H groups in total. The van der Waals surface area contributed by atoms with Crippen LogP contribution in [-0.4, -0.2) is 37.6 Å². The molecule has 0 aromatic heterocycles. The SMILES string of the molecule is CCC1(CC)C[C@@H](NC(=O)CCCN(c2cccc([N+](=O)[O-])c2)S(C)(=O)=O)c2ccccc2O1. The number of carbonyl (C=O) groups is 1. The second-order valence-corrected chi connectivity index (χ2v) is 10.5. The molecule has 0 spiro atoms. The highest BCUT2D eigenvalue weighted by molar-refractivity contribution is 7.92. The van der Waals surface area contributed by atoms with E-state index in [1.165, 1.54) is 24.3 Å². The fourth-order valence-corrected chi connectivity index (χ4v) is 5.29. The van der Waals surface area contributed by atoms with E-state index < -0.39 is 14.9 Å². The number of non-ortho nitro benzene ring substituents is 1. The number of benzene rings is 2. The van der Waals surface area contributed by atoms with Gasteiger partial charge in [0.05, 0.1) is 22.9 Å². The number of nitro groups is 1. The Morgan fingerprint density at radius 1 is 1.21 bits per heavy atom. The van der Waals surface area contributed by atoms with Crippen LogP contribution in [-0.2, 0) is 14.8 Å². The van der Waals surface area contributed by atoms with E-state index in [1.54, 1.807) is 0 Å². The summed E-state index contributed by atoms with van der Waals surface area (Å²) >= 11 is 0. The number of para-hydroxylation sites is 1. The van der Waals surface area contributed by atoms with Gasteiger partial charge in [-0.25, -0.2) is 8.42 Å². The van der Waals surface area contributed by atoms with Crippen LogP contribution in [0.1, 0.15) is 57.6 Å². The molecule has 0 unspecified atom stereocenters. The molecular weight excluding hydrogens is 458 g/mol. The fraction of sp³-hybridized carbons (Fsp3) is 0.458. The topological polar surface area (TPSA) is 119 Å². The Morgan fingerprint density at radius 3 is 2.56 bits per heavy atom. The lowest BCUT2D eigenvalue weighted by Crippen LogP contribution is -2.44. The van der Waals surface area contributed by atoms with E-state index in [1.807, 2.05) is 24.3 Å². The van der Waals surface area contributed by atoms with Gasteiger partial charge in [-0.1, -0.05) is 38.1 Å². The summed E-state index contributed by atoms with van der Waals surface area (Å²) in [6.45, 7) is 4.18. The zero-order chi connectivity index (χ0) is 24.9. The van der Waals surface area contributed by atoms with Gasteiger partial charge in [0, 0.05) is 37.1 Å². The van der Waals surface area contributed by atoms with Gasteiger partial charge in [0.25, 0.3) is 5.69 Å². The van der Waals surface area contributed by atoms with Gasteiger partial charge in [-0.15, -0.1) is 0 Å². The summed E-state index contributed by atoms with van der Waals surface area (Å²) in [6, 6.07) is 12.9. The van der Waals surface area contributed by atoms with Crippen molar-refractivity contribution in [2.24, 2.45) is 0 Å². The molecule has 184 valence electrons. The predicted molar refractivity (Wildman–Crippen MR) is 130 cm³/mol. The zero-order valence-corrected chi connectivity index (χ0v) is 20.5. The van der Waals surface area contributed by atoms with Gasteiger partial charge in [-0.3, -0.25) is 19.2 Å². The quantitative estimate of drug-likeness (QED) is 0.392. The lowest BCUT2D eigenvalue weighted by atomic mass is 9.83. The minimum Gasteiger partial charge on any atom is -0.487 e. The van der Waals surface area contributed by atoms with Crippen molar-refractivity contribution in [2.45, 2.75) is 57.6 Å². The number of carbonyl (C=O) groups excluding carboxylic acids is 1. The van der Waals surface area contributed by atoms with Gasteiger partial charge in [0.15, 0.2) is 0 Å². The first-order chi connectivity index (χ1) is 16.1. The standard InChI is InChI=1S/C24H31N3O6S/c1-4-24(5-2)17-21(20-12-6-7-13-22(20)33-24)25-23(28)14-9-15-26(34(3,31)32)18-10-8-11-19(16-18)27(29)30/h6-8,10-13,16,21H,4-5,9,14-15,17H2,1-3H3,(H,25,28)/t21-/m1/s1. The van der Waals surface area contributed by atoms with E-state index in [9.17, 15) is 23.3 Å². The summed E-state index contributed by atoms with van der Waals surface area (Å²) in [4.78, 5) is 23.3. The molecule has 9 nitrogen and oxygen atoms in total. The highest BCUT2D eigenvalue weighted by Gasteiger charge is 2.38. The molecule has 2 aromatic carbocycles. The number of nitrogens with one attached hydrogen (secondary N) is 1. The van der Waals surface area contributed by atoms with Crippen molar-refractivity contribution in [2.75, 3.05) is 17.1 Å². The summed E-state index contributed by atoms with van der Waals surface area (Å²) in [5.74, 6) is 0.590. The molecule has 1 aliphatic rings.